The third-order valence-electron chi connectivity index (χ3n) is 6.44. The predicted octanol–water partition coefficient (Wildman–Crippen LogP) is 7.67. The van der Waals surface area contributed by atoms with Crippen LogP contribution in [-0.4, -0.2) is 6.10 Å². The van der Waals surface area contributed by atoms with Gasteiger partial charge >= 0.3 is 0 Å². The largest absolute Gasteiger partial charge is 0.489 e. The summed E-state index contributed by atoms with van der Waals surface area (Å²) in [5.74, 6) is 1.69. The van der Waals surface area contributed by atoms with E-state index in [0.29, 0.717) is 5.92 Å². The minimum absolute atomic E-state index is 0.167. The van der Waals surface area contributed by atoms with Crippen molar-refractivity contribution in [3.63, 3.8) is 0 Å². The average molecular weight is 347 g/mol. The van der Waals surface area contributed by atoms with E-state index in [4.69, 9.17) is 4.74 Å². The molecule has 1 aromatic rings. The number of fused-ring (bicyclic) bond motifs is 1. The van der Waals surface area contributed by atoms with Gasteiger partial charge in [-0.2, -0.15) is 0 Å². The highest BCUT2D eigenvalue weighted by Gasteiger charge is 2.40. The van der Waals surface area contributed by atoms with E-state index in [1.54, 1.807) is 0 Å². The fourth-order valence-corrected chi connectivity index (χ4v) is 4.48. The van der Waals surface area contributed by atoms with E-state index < -0.39 is 0 Å². The van der Waals surface area contributed by atoms with Crippen molar-refractivity contribution >= 4 is 0 Å². The summed E-state index contributed by atoms with van der Waals surface area (Å²) in [6, 6.07) is 2.44. The van der Waals surface area contributed by atoms with Crippen LogP contribution in [0.4, 0.5) is 0 Å². The van der Waals surface area contributed by atoms with Gasteiger partial charge in [0.1, 0.15) is 11.9 Å². The van der Waals surface area contributed by atoms with E-state index in [-0.39, 0.29) is 16.9 Å². The molecule has 0 aromatic heterocycles. The summed E-state index contributed by atoms with van der Waals surface area (Å²) >= 11 is 0. The lowest BCUT2D eigenvalue weighted by Crippen LogP contribution is -2.27. The fraction of sp³-hybridized carbons (Fsp3) is 0.750. The molecule has 1 heteroatoms. The minimum Gasteiger partial charge on any atom is -0.489 e. The second-order valence-corrected chi connectivity index (χ2v) is 8.55. The van der Waals surface area contributed by atoms with Gasteiger partial charge in [-0.05, 0) is 55.1 Å². The van der Waals surface area contributed by atoms with Crippen molar-refractivity contribution in [1.82, 2.24) is 0 Å². The molecule has 0 fully saturated rings. The molecule has 1 aliphatic heterocycles. The van der Waals surface area contributed by atoms with Gasteiger partial charge in [0.2, 0.25) is 0 Å². The number of benzene rings is 1. The summed E-state index contributed by atoms with van der Waals surface area (Å²) in [5, 5.41) is 0. The average Bonchev–Trinajstić information content (AvgIpc) is 2.86. The second-order valence-electron chi connectivity index (χ2n) is 8.55. The SMILES string of the molecule is CC.CCC(CC)(CC)c1c(C)c(C(C)(C)C)cc2c1OC(C)C2C. The number of ether oxygens (including phenoxy) is 1. The van der Waals surface area contributed by atoms with Crippen LogP contribution in [0.15, 0.2) is 6.07 Å². The smallest absolute Gasteiger partial charge is 0.127 e. The first-order chi connectivity index (χ1) is 11.6. The molecular weight excluding hydrogens is 304 g/mol. The van der Waals surface area contributed by atoms with Crippen LogP contribution in [0, 0.1) is 6.92 Å². The molecule has 0 radical (unpaired) electrons. The van der Waals surface area contributed by atoms with E-state index in [1.807, 2.05) is 13.8 Å². The molecule has 0 saturated heterocycles. The molecule has 0 spiro atoms. The van der Waals surface area contributed by atoms with E-state index in [1.165, 1.54) is 47.3 Å². The van der Waals surface area contributed by atoms with Gasteiger partial charge in [-0.25, -0.2) is 0 Å². The monoisotopic (exact) mass is 346 g/mol. The standard InChI is InChI=1S/C22H36O.C2H6/c1-10-22(11-2,12-3)19-15(5)18(21(7,8)9)13-17-14(4)16(6)23-20(17)19;1-2/h13-14,16H,10-12H2,1-9H3;1-2H3. The van der Waals surface area contributed by atoms with Gasteiger partial charge in [0.05, 0.1) is 0 Å². The van der Waals surface area contributed by atoms with Crippen molar-refractivity contribution in [3.05, 3.63) is 28.3 Å². The topological polar surface area (TPSA) is 9.23 Å². The highest BCUT2D eigenvalue weighted by atomic mass is 16.5. The molecule has 144 valence electrons. The molecule has 1 aliphatic rings. The molecule has 1 heterocycles. The predicted molar refractivity (Wildman–Crippen MR) is 112 cm³/mol. The van der Waals surface area contributed by atoms with Crippen molar-refractivity contribution in [1.29, 1.82) is 0 Å². The summed E-state index contributed by atoms with van der Waals surface area (Å²) in [4.78, 5) is 0. The van der Waals surface area contributed by atoms with Gasteiger partial charge in [0, 0.05) is 17.0 Å². The zero-order chi connectivity index (χ0) is 19.6. The second kappa shape index (κ2) is 8.14. The third kappa shape index (κ3) is 3.76. The van der Waals surface area contributed by atoms with Gasteiger partial charge < -0.3 is 4.74 Å². The van der Waals surface area contributed by atoms with Gasteiger partial charge in [0.25, 0.3) is 0 Å². The van der Waals surface area contributed by atoms with Crippen LogP contribution in [0.3, 0.4) is 0 Å². The van der Waals surface area contributed by atoms with Crippen LogP contribution in [0.1, 0.15) is 117 Å². The highest BCUT2D eigenvalue weighted by molar-refractivity contribution is 5.58. The van der Waals surface area contributed by atoms with Crippen molar-refractivity contribution < 1.29 is 4.74 Å². The summed E-state index contributed by atoms with van der Waals surface area (Å²) < 4.78 is 6.41. The Morgan fingerprint density at radius 2 is 1.44 bits per heavy atom. The molecule has 0 amide bonds. The molecule has 25 heavy (non-hydrogen) atoms. The Balaban J connectivity index is 0.00000151. The fourth-order valence-electron chi connectivity index (χ4n) is 4.48. The normalized spacial score (nSPS) is 19.8. The first-order valence-electron chi connectivity index (χ1n) is 10.5. The molecule has 1 aromatic carbocycles. The minimum atomic E-state index is 0.167. The highest BCUT2D eigenvalue weighted by Crippen LogP contribution is 2.51. The van der Waals surface area contributed by atoms with E-state index >= 15 is 0 Å². The van der Waals surface area contributed by atoms with Crippen LogP contribution >= 0.6 is 0 Å². The maximum atomic E-state index is 6.41. The zero-order valence-corrected chi connectivity index (χ0v) is 18.8. The Morgan fingerprint density at radius 3 is 1.84 bits per heavy atom. The third-order valence-corrected chi connectivity index (χ3v) is 6.44. The maximum Gasteiger partial charge on any atom is 0.127 e. The molecule has 2 rings (SSSR count). The summed E-state index contributed by atoms with van der Waals surface area (Å²) in [6.45, 7) is 24.9. The van der Waals surface area contributed by atoms with Crippen LogP contribution in [0.5, 0.6) is 5.75 Å². The quantitative estimate of drug-likeness (QED) is 0.543. The molecule has 0 N–H and O–H groups in total. The van der Waals surface area contributed by atoms with Crippen molar-refractivity contribution in [2.75, 3.05) is 0 Å². The van der Waals surface area contributed by atoms with Crippen LogP contribution in [0.2, 0.25) is 0 Å². The van der Waals surface area contributed by atoms with Gasteiger partial charge in [-0.15, -0.1) is 0 Å². The summed E-state index contributed by atoms with van der Waals surface area (Å²) in [5.41, 5.74) is 6.30. The van der Waals surface area contributed by atoms with Gasteiger partial charge in [-0.1, -0.05) is 68.4 Å². The Hall–Kier alpha value is -0.980. The van der Waals surface area contributed by atoms with Gasteiger partial charge in [0.15, 0.2) is 0 Å². The Labute approximate surface area is 157 Å². The number of rotatable bonds is 4. The molecule has 2 atom stereocenters. The molecule has 0 aliphatic carbocycles. The van der Waals surface area contributed by atoms with E-state index in [0.717, 1.165) is 0 Å². The Morgan fingerprint density at radius 1 is 0.960 bits per heavy atom. The van der Waals surface area contributed by atoms with Crippen LogP contribution in [-0.2, 0) is 10.8 Å². The maximum absolute atomic E-state index is 6.41. The van der Waals surface area contributed by atoms with E-state index in [9.17, 15) is 0 Å². The van der Waals surface area contributed by atoms with Crippen molar-refractivity contribution in [2.24, 2.45) is 0 Å². The lowest BCUT2D eigenvalue weighted by Gasteiger charge is -2.36. The summed E-state index contributed by atoms with van der Waals surface area (Å²) in [6.07, 6.45) is 3.80. The lowest BCUT2D eigenvalue weighted by atomic mass is 9.68. The molecule has 0 bridgehead atoms. The van der Waals surface area contributed by atoms with Crippen LogP contribution in [0.25, 0.3) is 0 Å². The van der Waals surface area contributed by atoms with E-state index in [2.05, 4.69) is 68.4 Å². The zero-order valence-electron chi connectivity index (χ0n) is 18.8. The van der Waals surface area contributed by atoms with Gasteiger partial charge in [-0.3, -0.25) is 0 Å². The lowest BCUT2D eigenvalue weighted by molar-refractivity contribution is 0.224. The van der Waals surface area contributed by atoms with Crippen molar-refractivity contribution in [3.8, 4) is 5.75 Å². The first kappa shape index (κ1) is 22.1. The molecule has 2 unspecified atom stereocenters. The van der Waals surface area contributed by atoms with Crippen molar-refractivity contribution in [2.45, 2.75) is 118 Å². The molecule has 0 saturated carbocycles. The summed E-state index contributed by atoms with van der Waals surface area (Å²) in [7, 11) is 0. The Kier molecular flexibility index (Phi) is 7.19. The molecular formula is C24H42O. The number of hydrogen-bond donors (Lipinski definition) is 0. The Bertz CT molecular complexity index is 564. The van der Waals surface area contributed by atoms with Crippen LogP contribution < -0.4 is 4.74 Å². The molecule has 1 nitrogen and oxygen atoms in total. The number of hydrogen-bond acceptors (Lipinski definition) is 1. The first-order valence-corrected chi connectivity index (χ1v) is 10.5.